The molecule has 12 heteroatoms. The lowest BCUT2D eigenvalue weighted by molar-refractivity contribution is -0.155. The van der Waals surface area contributed by atoms with Crippen LogP contribution in [0.5, 0.6) is 0 Å². The van der Waals surface area contributed by atoms with Gasteiger partial charge in [-0.05, 0) is 26.3 Å². The SMILES string of the molecule is CN(C(=O)OC(C)(C)C)c1cc(F)c(F)c2c1Cc1ncc(Cl)c(N3CCNC(C(F)(F)F)C3)c1-2. The maximum atomic E-state index is 15.3. The molecule has 1 saturated heterocycles. The van der Waals surface area contributed by atoms with Gasteiger partial charge in [-0.3, -0.25) is 9.88 Å². The smallest absolute Gasteiger partial charge is 0.414 e. The van der Waals surface area contributed by atoms with E-state index in [1.165, 1.54) is 18.1 Å². The van der Waals surface area contributed by atoms with Gasteiger partial charge in [-0.25, -0.2) is 13.6 Å². The first kappa shape index (κ1) is 25.4. The lowest BCUT2D eigenvalue weighted by atomic mass is 10.0. The Morgan fingerprint density at radius 2 is 1.94 bits per heavy atom. The van der Waals surface area contributed by atoms with Crippen LogP contribution in [0, 0.1) is 11.6 Å². The lowest BCUT2D eigenvalue weighted by Crippen LogP contribution is -2.57. The van der Waals surface area contributed by atoms with Gasteiger partial charge in [-0.2, -0.15) is 13.2 Å². The zero-order valence-electron chi connectivity index (χ0n) is 19.5. The van der Waals surface area contributed by atoms with Crippen molar-refractivity contribution in [2.75, 3.05) is 36.5 Å². The number of nitrogens with zero attached hydrogens (tertiary/aromatic N) is 3. The van der Waals surface area contributed by atoms with Crippen molar-refractivity contribution >= 4 is 29.1 Å². The second kappa shape index (κ2) is 8.77. The van der Waals surface area contributed by atoms with E-state index in [4.69, 9.17) is 16.3 Å². The predicted octanol–water partition coefficient (Wildman–Crippen LogP) is 5.30. The molecule has 4 rings (SSSR count). The Morgan fingerprint density at radius 1 is 1.26 bits per heavy atom. The van der Waals surface area contributed by atoms with E-state index in [2.05, 4.69) is 10.3 Å². The quantitative estimate of drug-likeness (QED) is 0.467. The van der Waals surface area contributed by atoms with E-state index < -0.39 is 42.1 Å². The van der Waals surface area contributed by atoms with E-state index in [0.29, 0.717) is 5.69 Å². The van der Waals surface area contributed by atoms with E-state index in [1.54, 1.807) is 20.8 Å². The molecule has 1 aliphatic carbocycles. The topological polar surface area (TPSA) is 57.7 Å². The minimum atomic E-state index is -4.50. The van der Waals surface area contributed by atoms with Gasteiger partial charge in [-0.15, -0.1) is 0 Å². The molecule has 6 nitrogen and oxygen atoms in total. The maximum Gasteiger partial charge on any atom is 0.414 e. The third kappa shape index (κ3) is 4.75. The van der Waals surface area contributed by atoms with Crippen LogP contribution in [0.1, 0.15) is 32.0 Å². The molecule has 1 fully saturated rings. The molecule has 0 radical (unpaired) electrons. The molecule has 1 aromatic carbocycles. The van der Waals surface area contributed by atoms with Crippen LogP contribution in [0.15, 0.2) is 12.3 Å². The summed E-state index contributed by atoms with van der Waals surface area (Å²) in [6, 6.07) is -0.918. The molecule has 1 aromatic heterocycles. The Labute approximate surface area is 204 Å². The molecule has 35 heavy (non-hydrogen) atoms. The molecule has 1 aliphatic heterocycles. The number of fused-ring (bicyclic) bond motifs is 3. The zero-order chi connectivity index (χ0) is 25.9. The van der Waals surface area contributed by atoms with E-state index in [9.17, 15) is 22.4 Å². The fourth-order valence-corrected chi connectivity index (χ4v) is 4.64. The van der Waals surface area contributed by atoms with Crippen molar-refractivity contribution in [2.24, 2.45) is 0 Å². The molecule has 190 valence electrons. The Morgan fingerprint density at radius 3 is 2.57 bits per heavy atom. The molecule has 2 heterocycles. The van der Waals surface area contributed by atoms with Gasteiger partial charge < -0.3 is 15.0 Å². The number of rotatable bonds is 2. The van der Waals surface area contributed by atoms with Gasteiger partial charge >= 0.3 is 12.3 Å². The average molecular weight is 519 g/mol. The first-order valence-corrected chi connectivity index (χ1v) is 11.3. The molecular formula is C23H24ClF5N4O2. The van der Waals surface area contributed by atoms with E-state index in [0.717, 1.165) is 11.0 Å². The fourth-order valence-electron chi connectivity index (χ4n) is 4.38. The summed E-state index contributed by atoms with van der Waals surface area (Å²) >= 11 is 6.38. The third-order valence-corrected chi connectivity index (χ3v) is 6.18. The van der Waals surface area contributed by atoms with Crippen LogP contribution in [0.4, 0.5) is 38.1 Å². The Kier molecular flexibility index (Phi) is 6.38. The number of hydrogen-bond acceptors (Lipinski definition) is 5. The highest BCUT2D eigenvalue weighted by molar-refractivity contribution is 6.34. The van der Waals surface area contributed by atoms with Gasteiger partial charge in [0.15, 0.2) is 11.6 Å². The molecule has 1 N–H and O–H groups in total. The fraction of sp³-hybridized carbons (Fsp3) is 0.478. The summed E-state index contributed by atoms with van der Waals surface area (Å²) in [4.78, 5) is 19.4. The Bertz CT molecular complexity index is 1180. The summed E-state index contributed by atoms with van der Waals surface area (Å²) in [6.45, 7) is 4.73. The summed E-state index contributed by atoms with van der Waals surface area (Å²) in [7, 11) is 1.37. The highest BCUT2D eigenvalue weighted by atomic mass is 35.5. The van der Waals surface area contributed by atoms with Gasteiger partial charge in [0.1, 0.15) is 11.6 Å². The van der Waals surface area contributed by atoms with Crippen LogP contribution in [0.2, 0.25) is 5.02 Å². The Hall–Kier alpha value is -2.66. The van der Waals surface area contributed by atoms with E-state index in [-0.39, 0.29) is 52.6 Å². The largest absolute Gasteiger partial charge is 0.443 e. The number of carbonyl (C=O) groups is 1. The molecule has 0 spiro atoms. The van der Waals surface area contributed by atoms with Crippen LogP contribution in [-0.2, 0) is 11.2 Å². The number of amides is 1. The summed E-state index contributed by atoms with van der Waals surface area (Å²) in [5.41, 5.74) is -0.0437. The second-order valence-corrected chi connectivity index (χ2v) is 9.94. The van der Waals surface area contributed by atoms with Crippen molar-refractivity contribution in [2.45, 2.75) is 45.0 Å². The van der Waals surface area contributed by atoms with Gasteiger partial charge in [0.25, 0.3) is 0 Å². The van der Waals surface area contributed by atoms with Gasteiger partial charge in [-0.1, -0.05) is 11.6 Å². The number of pyridine rings is 1. The van der Waals surface area contributed by atoms with Crippen LogP contribution < -0.4 is 15.1 Å². The van der Waals surface area contributed by atoms with Crippen molar-refractivity contribution < 1.29 is 31.5 Å². The van der Waals surface area contributed by atoms with Gasteiger partial charge in [0.05, 0.1) is 22.1 Å². The third-order valence-electron chi connectivity index (χ3n) is 5.90. The van der Waals surface area contributed by atoms with Crippen molar-refractivity contribution in [3.63, 3.8) is 0 Å². The number of hydrogen-bond donors (Lipinski definition) is 1. The van der Waals surface area contributed by atoms with E-state index >= 15 is 4.39 Å². The number of nitrogens with one attached hydrogen (secondary N) is 1. The van der Waals surface area contributed by atoms with Crippen molar-refractivity contribution in [1.82, 2.24) is 10.3 Å². The highest BCUT2D eigenvalue weighted by Crippen LogP contribution is 2.50. The zero-order valence-corrected chi connectivity index (χ0v) is 20.2. The first-order valence-electron chi connectivity index (χ1n) is 10.9. The first-order chi connectivity index (χ1) is 16.2. The molecule has 1 amide bonds. The molecule has 1 atom stereocenters. The summed E-state index contributed by atoms with van der Waals surface area (Å²) < 4.78 is 75.6. The van der Waals surface area contributed by atoms with Gasteiger partial charge in [0, 0.05) is 56.5 Å². The predicted molar refractivity (Wildman–Crippen MR) is 122 cm³/mol. The molecule has 1 unspecified atom stereocenters. The summed E-state index contributed by atoms with van der Waals surface area (Å²) in [5, 5.41) is 2.44. The molecule has 0 bridgehead atoms. The number of ether oxygens (including phenoxy) is 1. The number of anilines is 2. The van der Waals surface area contributed by atoms with Crippen LogP contribution >= 0.6 is 11.6 Å². The van der Waals surface area contributed by atoms with Crippen molar-refractivity contribution in [3.05, 3.63) is 40.2 Å². The van der Waals surface area contributed by atoms with Gasteiger partial charge in [0.2, 0.25) is 0 Å². The minimum absolute atomic E-state index is 0.0166. The number of benzene rings is 1. The normalized spacial score (nSPS) is 17.8. The van der Waals surface area contributed by atoms with Crippen LogP contribution in [0.3, 0.4) is 0 Å². The molecular weight excluding hydrogens is 495 g/mol. The number of halogens is 6. The number of carbonyl (C=O) groups excluding carboxylic acids is 1. The Balaban J connectivity index is 1.84. The summed E-state index contributed by atoms with van der Waals surface area (Å²) in [5.74, 6) is -2.41. The van der Waals surface area contributed by atoms with Crippen molar-refractivity contribution in [1.29, 1.82) is 0 Å². The minimum Gasteiger partial charge on any atom is -0.443 e. The van der Waals surface area contributed by atoms with E-state index in [1.807, 2.05) is 0 Å². The second-order valence-electron chi connectivity index (χ2n) is 9.53. The molecule has 2 aliphatic rings. The van der Waals surface area contributed by atoms with Crippen molar-refractivity contribution in [3.8, 4) is 11.1 Å². The molecule has 0 saturated carbocycles. The lowest BCUT2D eigenvalue weighted by Gasteiger charge is -2.37. The number of piperazine rings is 1. The standard InChI is InChI=1S/C23H24ClF5N4O2/c1-22(2,3)35-21(34)32(4)15-8-13(25)19(26)17-11(15)7-14-18(17)20(12(24)9-31-14)33-6-5-30-16(10-33)23(27,28)29/h8-9,16,30H,5-7,10H2,1-4H3. The monoisotopic (exact) mass is 518 g/mol. The highest BCUT2D eigenvalue weighted by Gasteiger charge is 2.43. The maximum absolute atomic E-state index is 15.3. The number of alkyl halides is 3. The molecule has 2 aromatic rings. The van der Waals surface area contributed by atoms with Crippen LogP contribution in [0.25, 0.3) is 11.1 Å². The average Bonchev–Trinajstić information content (AvgIpc) is 3.13. The number of aromatic nitrogens is 1. The van der Waals surface area contributed by atoms with Crippen LogP contribution in [-0.4, -0.2) is 55.6 Å². The summed E-state index contributed by atoms with van der Waals surface area (Å²) in [6.07, 6.45) is -3.95.